The standard InChI is InChI=1S/C5H10N2OS/c8-5-7(9)6-3-1-2-4-6/h5,9H,1-4H2. The molecular formula is C5H10N2OS. The Hall–Kier alpha value is -0.220. The summed E-state index contributed by atoms with van der Waals surface area (Å²) in [5, 5.41) is 1.91. The Kier molecular flexibility index (Phi) is 2.36. The Balaban J connectivity index is 2.32. The Bertz CT molecular complexity index is 103. The van der Waals surface area contributed by atoms with E-state index in [1.165, 1.54) is 17.3 Å². The average molecular weight is 146 g/mol. The molecule has 0 unspecified atom stereocenters. The van der Waals surface area contributed by atoms with Crippen LogP contribution in [0, 0.1) is 0 Å². The summed E-state index contributed by atoms with van der Waals surface area (Å²) in [6.07, 6.45) is 3.06. The number of hydrogen-bond acceptors (Lipinski definition) is 3. The molecule has 0 saturated carbocycles. The molecule has 1 fully saturated rings. The molecule has 4 heteroatoms. The summed E-state index contributed by atoms with van der Waals surface area (Å²) in [5.41, 5.74) is 0. The molecule has 0 bridgehead atoms. The van der Waals surface area contributed by atoms with Crippen molar-refractivity contribution in [1.82, 2.24) is 9.42 Å². The van der Waals surface area contributed by atoms with Gasteiger partial charge in [-0.25, -0.2) is 9.42 Å². The highest BCUT2D eigenvalue weighted by Crippen LogP contribution is 2.10. The van der Waals surface area contributed by atoms with Crippen LogP contribution in [0.3, 0.4) is 0 Å². The second-order valence-electron chi connectivity index (χ2n) is 2.09. The average Bonchev–Trinajstić information content (AvgIpc) is 2.37. The second kappa shape index (κ2) is 3.08. The third-order valence-electron chi connectivity index (χ3n) is 1.47. The first-order chi connectivity index (χ1) is 4.34. The monoisotopic (exact) mass is 146 g/mol. The molecule has 9 heavy (non-hydrogen) atoms. The molecule has 0 aromatic heterocycles. The Labute approximate surface area is 60.1 Å². The zero-order valence-electron chi connectivity index (χ0n) is 5.16. The number of carbonyl (C=O) groups excluding carboxylic acids is 1. The maximum atomic E-state index is 10.1. The lowest BCUT2D eigenvalue weighted by Crippen LogP contribution is -2.32. The second-order valence-corrected chi connectivity index (χ2v) is 2.50. The molecule has 1 rings (SSSR count). The van der Waals surface area contributed by atoms with Crippen LogP contribution in [0.25, 0.3) is 0 Å². The predicted molar refractivity (Wildman–Crippen MR) is 37.7 cm³/mol. The van der Waals surface area contributed by atoms with E-state index in [0.717, 1.165) is 13.1 Å². The minimum absolute atomic E-state index is 0.717. The van der Waals surface area contributed by atoms with Crippen LogP contribution in [0.1, 0.15) is 12.8 Å². The van der Waals surface area contributed by atoms with Crippen LogP contribution in [0.15, 0.2) is 0 Å². The van der Waals surface area contributed by atoms with E-state index in [1.807, 2.05) is 5.01 Å². The molecule has 0 atom stereocenters. The van der Waals surface area contributed by atoms with Gasteiger partial charge in [0.2, 0.25) is 6.41 Å². The first-order valence-electron chi connectivity index (χ1n) is 3.03. The van der Waals surface area contributed by atoms with Crippen molar-refractivity contribution in [3.63, 3.8) is 0 Å². The van der Waals surface area contributed by atoms with Crippen LogP contribution in [0.4, 0.5) is 0 Å². The van der Waals surface area contributed by atoms with E-state index in [1.54, 1.807) is 0 Å². The smallest absolute Gasteiger partial charge is 0.234 e. The van der Waals surface area contributed by atoms with Crippen LogP contribution in [-0.2, 0) is 4.79 Å². The number of hydrazine groups is 1. The summed E-state index contributed by atoms with van der Waals surface area (Å²) in [6, 6.07) is 0. The van der Waals surface area contributed by atoms with Crippen LogP contribution in [0.5, 0.6) is 0 Å². The van der Waals surface area contributed by atoms with Crippen LogP contribution >= 0.6 is 12.8 Å². The molecule has 0 radical (unpaired) electrons. The van der Waals surface area contributed by atoms with E-state index < -0.39 is 0 Å². The maximum Gasteiger partial charge on any atom is 0.234 e. The highest BCUT2D eigenvalue weighted by molar-refractivity contribution is 7.78. The molecule has 0 N–H and O–H groups in total. The van der Waals surface area contributed by atoms with Crippen LogP contribution < -0.4 is 0 Å². The van der Waals surface area contributed by atoms with E-state index in [4.69, 9.17) is 0 Å². The highest BCUT2D eigenvalue weighted by Gasteiger charge is 2.14. The van der Waals surface area contributed by atoms with E-state index in [-0.39, 0.29) is 0 Å². The van der Waals surface area contributed by atoms with Crippen molar-refractivity contribution < 1.29 is 4.79 Å². The van der Waals surface area contributed by atoms with Gasteiger partial charge in [0.25, 0.3) is 0 Å². The highest BCUT2D eigenvalue weighted by atomic mass is 32.1. The lowest BCUT2D eigenvalue weighted by molar-refractivity contribution is -0.121. The fourth-order valence-electron chi connectivity index (χ4n) is 0.972. The summed E-state index contributed by atoms with van der Waals surface area (Å²) in [7, 11) is 0. The number of amides is 1. The van der Waals surface area contributed by atoms with Crippen molar-refractivity contribution in [2.75, 3.05) is 13.1 Å². The minimum atomic E-state index is 0.717. The fraction of sp³-hybridized carbons (Fsp3) is 0.800. The molecule has 3 nitrogen and oxygen atoms in total. The van der Waals surface area contributed by atoms with Gasteiger partial charge in [-0.05, 0) is 25.7 Å². The van der Waals surface area contributed by atoms with Gasteiger partial charge in [0.15, 0.2) is 0 Å². The largest absolute Gasteiger partial charge is 0.276 e. The van der Waals surface area contributed by atoms with Crippen molar-refractivity contribution >= 4 is 19.2 Å². The van der Waals surface area contributed by atoms with E-state index in [2.05, 4.69) is 12.8 Å². The van der Waals surface area contributed by atoms with Gasteiger partial charge in [0.05, 0.1) is 0 Å². The van der Waals surface area contributed by atoms with E-state index in [0.29, 0.717) is 6.41 Å². The van der Waals surface area contributed by atoms with Gasteiger partial charge in [-0.1, -0.05) is 0 Å². The molecular weight excluding hydrogens is 136 g/mol. The number of rotatable bonds is 2. The van der Waals surface area contributed by atoms with E-state index in [9.17, 15) is 4.79 Å². The fourth-order valence-corrected chi connectivity index (χ4v) is 1.15. The zero-order chi connectivity index (χ0) is 6.69. The van der Waals surface area contributed by atoms with Crippen LogP contribution in [0.2, 0.25) is 0 Å². The van der Waals surface area contributed by atoms with Gasteiger partial charge in [-0.2, -0.15) is 0 Å². The molecule has 1 aliphatic heterocycles. The number of hydrogen-bond donors (Lipinski definition) is 1. The van der Waals surface area contributed by atoms with Gasteiger partial charge < -0.3 is 0 Å². The van der Waals surface area contributed by atoms with Crippen LogP contribution in [-0.4, -0.2) is 28.9 Å². The first-order valence-corrected chi connectivity index (χ1v) is 3.43. The van der Waals surface area contributed by atoms with Crippen molar-refractivity contribution in [1.29, 1.82) is 0 Å². The lowest BCUT2D eigenvalue weighted by atomic mass is 10.4. The quantitative estimate of drug-likeness (QED) is 0.447. The number of nitrogens with zero attached hydrogens (tertiary/aromatic N) is 2. The topological polar surface area (TPSA) is 23.6 Å². The Morgan fingerprint density at radius 1 is 1.44 bits per heavy atom. The molecule has 1 saturated heterocycles. The molecule has 0 aromatic rings. The Morgan fingerprint density at radius 3 is 2.44 bits per heavy atom. The van der Waals surface area contributed by atoms with Gasteiger partial charge in [-0.3, -0.25) is 4.79 Å². The third kappa shape index (κ3) is 1.59. The molecule has 0 spiro atoms. The summed E-state index contributed by atoms with van der Waals surface area (Å²) < 4.78 is 1.31. The van der Waals surface area contributed by atoms with Crippen molar-refractivity contribution in [3.8, 4) is 0 Å². The summed E-state index contributed by atoms with van der Waals surface area (Å²) in [6.45, 7) is 1.92. The molecule has 1 amide bonds. The predicted octanol–water partition coefficient (Wildman–Crippen LogP) is 0.300. The molecule has 0 aromatic carbocycles. The number of carbonyl (C=O) groups is 1. The molecule has 1 heterocycles. The lowest BCUT2D eigenvalue weighted by Gasteiger charge is -2.20. The van der Waals surface area contributed by atoms with Gasteiger partial charge in [0.1, 0.15) is 0 Å². The van der Waals surface area contributed by atoms with Gasteiger partial charge >= 0.3 is 0 Å². The van der Waals surface area contributed by atoms with E-state index >= 15 is 0 Å². The Morgan fingerprint density at radius 2 is 2.00 bits per heavy atom. The summed E-state index contributed by atoms with van der Waals surface area (Å²) in [4.78, 5) is 10.1. The molecule has 52 valence electrons. The maximum absolute atomic E-state index is 10.1. The minimum Gasteiger partial charge on any atom is -0.276 e. The zero-order valence-corrected chi connectivity index (χ0v) is 6.05. The van der Waals surface area contributed by atoms with Crippen molar-refractivity contribution in [3.05, 3.63) is 0 Å². The molecule has 0 aliphatic carbocycles. The van der Waals surface area contributed by atoms with Crippen molar-refractivity contribution in [2.24, 2.45) is 0 Å². The van der Waals surface area contributed by atoms with Crippen molar-refractivity contribution in [2.45, 2.75) is 12.8 Å². The summed E-state index contributed by atoms with van der Waals surface area (Å²) in [5.74, 6) is 0. The van der Waals surface area contributed by atoms with Gasteiger partial charge in [0, 0.05) is 13.1 Å². The third-order valence-corrected chi connectivity index (χ3v) is 1.81. The first kappa shape index (κ1) is 6.89. The number of thiol groups is 1. The normalized spacial score (nSPS) is 20.1. The SMILES string of the molecule is O=CN(S)N1CCCC1. The molecule has 1 aliphatic rings. The van der Waals surface area contributed by atoms with Gasteiger partial charge in [-0.15, -0.1) is 0 Å². The summed E-state index contributed by atoms with van der Waals surface area (Å²) >= 11 is 3.92.